The number of benzene rings is 1. The molecule has 0 bridgehead atoms. The third kappa shape index (κ3) is 2.65. The van der Waals surface area contributed by atoms with Gasteiger partial charge in [-0.05, 0) is 6.42 Å². The maximum atomic E-state index is 9.78. The fourth-order valence-electron chi connectivity index (χ4n) is 5.73. The summed E-state index contributed by atoms with van der Waals surface area (Å²) in [5.41, 5.74) is 1.41. The Labute approximate surface area is 160 Å². The van der Waals surface area contributed by atoms with Crippen LogP contribution in [0.3, 0.4) is 0 Å². The van der Waals surface area contributed by atoms with Crippen molar-refractivity contribution in [1.29, 1.82) is 5.26 Å². The maximum Gasteiger partial charge on any atom is 0.176 e. The van der Waals surface area contributed by atoms with Crippen LogP contribution in [0.5, 0.6) is 0 Å². The minimum atomic E-state index is 0. The number of hydrogen-bond donors (Lipinski definition) is 0. The first-order chi connectivity index (χ1) is 11.8. The summed E-state index contributed by atoms with van der Waals surface area (Å²) >= 11 is 0. The molecule has 0 saturated carbocycles. The summed E-state index contributed by atoms with van der Waals surface area (Å²) in [6.07, 6.45) is 2.28. The normalized spacial score (nSPS) is 37.8. The molecule has 4 fully saturated rings. The second kappa shape index (κ2) is 6.64. The van der Waals surface area contributed by atoms with E-state index in [4.69, 9.17) is 0 Å². The van der Waals surface area contributed by atoms with Crippen LogP contribution in [0, 0.1) is 11.3 Å². The fourth-order valence-corrected chi connectivity index (χ4v) is 5.73. The number of nitrogens with zero attached hydrogens (tertiary/aromatic N) is 5. The van der Waals surface area contributed by atoms with Gasteiger partial charge in [0.05, 0.1) is 12.6 Å². The Morgan fingerprint density at radius 2 is 1.80 bits per heavy atom. The summed E-state index contributed by atoms with van der Waals surface area (Å²) in [6, 6.07) is 13.6. The van der Waals surface area contributed by atoms with Gasteiger partial charge >= 0.3 is 0 Å². The predicted molar refractivity (Wildman–Crippen MR) is 91.6 cm³/mol. The third-order valence-corrected chi connectivity index (χ3v) is 6.71. The minimum absolute atomic E-state index is 0. The highest BCUT2D eigenvalue weighted by Crippen LogP contribution is 2.41. The van der Waals surface area contributed by atoms with Gasteiger partial charge in [-0.3, -0.25) is 14.3 Å². The lowest BCUT2D eigenvalue weighted by atomic mass is 10.0. The molecule has 4 atom stereocenters. The quantitative estimate of drug-likeness (QED) is 0.530. The highest BCUT2D eigenvalue weighted by atomic mass is 79.9. The molecular weight excluding hydrogens is 378 g/mol. The molecule has 4 aliphatic heterocycles. The van der Waals surface area contributed by atoms with E-state index < -0.39 is 0 Å². The molecule has 0 aromatic heterocycles. The van der Waals surface area contributed by atoms with Gasteiger partial charge in [0.1, 0.15) is 19.3 Å². The highest BCUT2D eigenvalue weighted by Gasteiger charge is 2.62. The van der Waals surface area contributed by atoms with Crippen molar-refractivity contribution in [2.75, 3.05) is 45.8 Å². The number of quaternary nitrogens is 1. The average Bonchev–Trinajstić information content (AvgIpc) is 2.96. The van der Waals surface area contributed by atoms with Gasteiger partial charge in [-0.15, -0.1) is 0 Å². The van der Waals surface area contributed by atoms with E-state index in [2.05, 4.69) is 51.1 Å². The van der Waals surface area contributed by atoms with Crippen LogP contribution in [-0.4, -0.2) is 83.4 Å². The molecule has 1 aromatic rings. The standard InChI is InChI=1S/C19H26N5.BrH/c20-13-17-15-24(14-16-5-2-1-3-6-16)12-11-22-8-4-7-21-9-10-23(17)19(24)18(21)22;/h1-3,5-6,17-19H,4,7-12,14-15H2;1H/q+1;/p-1/t17-,18-,19+,24?;/m0./s1. The second-order valence-electron chi connectivity index (χ2n) is 7.90. The van der Waals surface area contributed by atoms with Crippen LogP contribution < -0.4 is 17.0 Å². The van der Waals surface area contributed by atoms with Crippen molar-refractivity contribution >= 4 is 0 Å². The number of halogens is 1. The number of rotatable bonds is 2. The van der Waals surface area contributed by atoms with Crippen molar-refractivity contribution in [3.63, 3.8) is 0 Å². The largest absolute Gasteiger partial charge is 1.00 e. The Hall–Kier alpha value is -0.970. The van der Waals surface area contributed by atoms with Crippen LogP contribution in [0.15, 0.2) is 30.3 Å². The Morgan fingerprint density at radius 3 is 2.56 bits per heavy atom. The van der Waals surface area contributed by atoms with Gasteiger partial charge in [0.15, 0.2) is 12.2 Å². The Bertz CT molecular complexity index is 656. The van der Waals surface area contributed by atoms with Crippen molar-refractivity contribution in [2.24, 2.45) is 0 Å². The molecule has 25 heavy (non-hydrogen) atoms. The van der Waals surface area contributed by atoms with Crippen LogP contribution in [0.4, 0.5) is 0 Å². The van der Waals surface area contributed by atoms with E-state index >= 15 is 0 Å². The van der Waals surface area contributed by atoms with Crippen molar-refractivity contribution < 1.29 is 21.5 Å². The van der Waals surface area contributed by atoms with Crippen LogP contribution in [0.2, 0.25) is 0 Å². The molecule has 0 N–H and O–H groups in total. The smallest absolute Gasteiger partial charge is 0.176 e. The molecule has 4 saturated heterocycles. The summed E-state index contributed by atoms with van der Waals surface area (Å²) in [5.74, 6) is 0. The zero-order valence-electron chi connectivity index (χ0n) is 14.6. The number of nitriles is 1. The summed E-state index contributed by atoms with van der Waals surface area (Å²) in [4.78, 5) is 7.94. The van der Waals surface area contributed by atoms with E-state index in [-0.39, 0.29) is 23.0 Å². The van der Waals surface area contributed by atoms with Gasteiger partial charge in [0, 0.05) is 38.3 Å². The van der Waals surface area contributed by atoms with E-state index in [1.807, 2.05) is 0 Å². The molecule has 0 radical (unpaired) electrons. The molecule has 6 heteroatoms. The first kappa shape index (κ1) is 17.4. The Morgan fingerprint density at radius 1 is 1.04 bits per heavy atom. The molecule has 0 amide bonds. The molecule has 4 heterocycles. The zero-order valence-corrected chi connectivity index (χ0v) is 16.2. The summed E-state index contributed by atoms with van der Waals surface area (Å²) in [6.45, 7) is 9.06. The topological polar surface area (TPSA) is 33.5 Å². The van der Waals surface area contributed by atoms with Gasteiger partial charge in [-0.1, -0.05) is 30.3 Å². The van der Waals surface area contributed by atoms with Crippen LogP contribution in [0.1, 0.15) is 12.0 Å². The van der Waals surface area contributed by atoms with Crippen LogP contribution >= 0.6 is 0 Å². The van der Waals surface area contributed by atoms with Gasteiger partial charge in [-0.25, -0.2) is 4.90 Å². The van der Waals surface area contributed by atoms with Crippen LogP contribution in [0.25, 0.3) is 0 Å². The number of piperazine rings is 2. The van der Waals surface area contributed by atoms with Gasteiger partial charge in [0.25, 0.3) is 0 Å². The van der Waals surface area contributed by atoms with E-state index in [0.29, 0.717) is 12.3 Å². The first-order valence-corrected chi connectivity index (χ1v) is 9.34. The molecule has 1 aromatic carbocycles. The van der Waals surface area contributed by atoms with Gasteiger partial charge < -0.3 is 17.0 Å². The maximum absolute atomic E-state index is 9.78. The van der Waals surface area contributed by atoms with Crippen molar-refractivity contribution in [1.82, 2.24) is 14.7 Å². The molecular formula is C19H26BrN5. The lowest BCUT2D eigenvalue weighted by molar-refractivity contribution is -0.967. The Balaban J connectivity index is 0.00000157. The predicted octanol–water partition coefficient (Wildman–Crippen LogP) is -2.10. The fraction of sp³-hybridized carbons (Fsp3) is 0.632. The highest BCUT2D eigenvalue weighted by molar-refractivity contribution is 5.15. The van der Waals surface area contributed by atoms with E-state index in [0.717, 1.165) is 30.7 Å². The van der Waals surface area contributed by atoms with E-state index in [1.165, 1.54) is 38.2 Å². The molecule has 5 rings (SSSR count). The number of hydrogen-bond acceptors (Lipinski definition) is 4. The van der Waals surface area contributed by atoms with E-state index in [9.17, 15) is 5.26 Å². The zero-order chi connectivity index (χ0) is 16.1. The van der Waals surface area contributed by atoms with Crippen molar-refractivity contribution in [3.05, 3.63) is 35.9 Å². The minimum Gasteiger partial charge on any atom is -1.00 e. The van der Waals surface area contributed by atoms with Gasteiger partial charge in [0.2, 0.25) is 0 Å². The van der Waals surface area contributed by atoms with Gasteiger partial charge in [-0.2, -0.15) is 5.26 Å². The lowest BCUT2D eigenvalue weighted by Crippen LogP contribution is -3.00. The summed E-state index contributed by atoms with van der Waals surface area (Å²) in [7, 11) is 0. The molecule has 134 valence electrons. The van der Waals surface area contributed by atoms with Crippen molar-refractivity contribution in [2.45, 2.75) is 31.3 Å². The summed E-state index contributed by atoms with van der Waals surface area (Å²) in [5, 5.41) is 9.78. The molecule has 4 aliphatic rings. The third-order valence-electron chi connectivity index (χ3n) is 6.71. The Kier molecular flexibility index (Phi) is 4.63. The first-order valence-electron chi connectivity index (χ1n) is 9.34. The molecule has 0 spiro atoms. The average molecular weight is 404 g/mol. The molecule has 5 nitrogen and oxygen atoms in total. The summed E-state index contributed by atoms with van der Waals surface area (Å²) < 4.78 is 1.08. The lowest BCUT2D eigenvalue weighted by Gasteiger charge is -2.59. The monoisotopic (exact) mass is 403 g/mol. The van der Waals surface area contributed by atoms with E-state index in [1.54, 1.807) is 0 Å². The molecule has 1 unspecified atom stereocenters. The molecule has 0 aliphatic carbocycles. The van der Waals surface area contributed by atoms with Crippen molar-refractivity contribution in [3.8, 4) is 6.07 Å². The van der Waals surface area contributed by atoms with Crippen LogP contribution in [-0.2, 0) is 6.54 Å². The second-order valence-corrected chi connectivity index (χ2v) is 7.90. The SMILES string of the molecule is N#C[C@H]1C[N+]2(Cc3ccccc3)CCN3CCCN4CCN1[C@H]2[C@@H]43.[Br-].